The molecule has 7 nitrogen and oxygen atoms in total. The van der Waals surface area contributed by atoms with Gasteiger partial charge in [0.1, 0.15) is 0 Å². The second kappa shape index (κ2) is 11.3. The van der Waals surface area contributed by atoms with Gasteiger partial charge in [0.15, 0.2) is 5.96 Å². The zero-order valence-corrected chi connectivity index (χ0v) is 19.8. The first kappa shape index (κ1) is 23.3. The fourth-order valence-electron chi connectivity index (χ4n) is 5.38. The highest BCUT2D eigenvalue weighted by Gasteiger charge is 2.30. The van der Waals surface area contributed by atoms with Gasteiger partial charge in [0, 0.05) is 85.5 Å². The number of nitrogens with zero attached hydrogens (tertiary/aromatic N) is 5. The third-order valence-corrected chi connectivity index (χ3v) is 7.55. The smallest absolute Gasteiger partial charge is 0.219 e. The fourth-order valence-corrected chi connectivity index (χ4v) is 5.38. The lowest BCUT2D eigenvalue weighted by Gasteiger charge is -2.43. The van der Waals surface area contributed by atoms with Crippen molar-refractivity contribution in [1.29, 1.82) is 0 Å². The molecule has 0 atom stereocenters. The molecule has 1 amide bonds. The predicted molar refractivity (Wildman–Crippen MR) is 124 cm³/mol. The zero-order chi connectivity index (χ0) is 21.5. The molecule has 0 aromatic carbocycles. The molecular formula is C23H44N6O. The Morgan fingerprint density at radius 3 is 2.07 bits per heavy atom. The molecule has 1 N–H and O–H groups in total. The van der Waals surface area contributed by atoms with Crippen molar-refractivity contribution in [1.82, 2.24) is 24.9 Å². The summed E-state index contributed by atoms with van der Waals surface area (Å²) in [4.78, 5) is 25.5. The molecule has 2 aliphatic heterocycles. The van der Waals surface area contributed by atoms with Crippen molar-refractivity contribution >= 4 is 11.9 Å². The Labute approximate surface area is 183 Å². The van der Waals surface area contributed by atoms with Gasteiger partial charge in [-0.2, -0.15) is 0 Å². The van der Waals surface area contributed by atoms with E-state index in [1.54, 1.807) is 6.92 Å². The van der Waals surface area contributed by atoms with Crippen LogP contribution < -0.4 is 5.32 Å². The molecule has 0 bridgehead atoms. The topological polar surface area (TPSA) is 54.4 Å². The quantitative estimate of drug-likeness (QED) is 0.540. The molecule has 0 spiro atoms. The van der Waals surface area contributed by atoms with Crippen molar-refractivity contribution in [3.63, 3.8) is 0 Å². The van der Waals surface area contributed by atoms with Gasteiger partial charge in [-0.25, -0.2) is 0 Å². The lowest BCUT2D eigenvalue weighted by atomic mass is 9.79. The van der Waals surface area contributed by atoms with E-state index >= 15 is 0 Å². The number of aliphatic imine (C=N–C) groups is 1. The van der Waals surface area contributed by atoms with Gasteiger partial charge in [0.25, 0.3) is 0 Å². The first-order valence-corrected chi connectivity index (χ1v) is 12.2. The monoisotopic (exact) mass is 420 g/mol. The van der Waals surface area contributed by atoms with Gasteiger partial charge < -0.3 is 15.1 Å². The van der Waals surface area contributed by atoms with Crippen LogP contribution in [0.15, 0.2) is 4.99 Å². The third-order valence-electron chi connectivity index (χ3n) is 7.55. The van der Waals surface area contributed by atoms with Gasteiger partial charge in [-0.15, -0.1) is 0 Å². The molecule has 172 valence electrons. The van der Waals surface area contributed by atoms with Crippen molar-refractivity contribution in [2.24, 2.45) is 16.8 Å². The molecule has 2 heterocycles. The molecule has 0 unspecified atom stereocenters. The number of carbonyl (C=O) groups excluding carboxylic acids is 1. The molecule has 0 aromatic rings. The van der Waals surface area contributed by atoms with Crippen molar-refractivity contribution in [3.8, 4) is 0 Å². The molecular weight excluding hydrogens is 376 g/mol. The number of guanidine groups is 1. The van der Waals surface area contributed by atoms with Crippen LogP contribution in [0, 0.1) is 11.8 Å². The van der Waals surface area contributed by atoms with Crippen LogP contribution in [-0.4, -0.2) is 110 Å². The van der Waals surface area contributed by atoms with Crippen molar-refractivity contribution < 1.29 is 4.79 Å². The lowest BCUT2D eigenvalue weighted by molar-refractivity contribution is -0.130. The van der Waals surface area contributed by atoms with E-state index in [4.69, 9.17) is 0 Å². The normalized spacial score (nSPS) is 27.6. The highest BCUT2D eigenvalue weighted by molar-refractivity contribution is 5.80. The number of piperazine rings is 2. The van der Waals surface area contributed by atoms with Crippen molar-refractivity contribution in [2.75, 3.05) is 72.5 Å². The summed E-state index contributed by atoms with van der Waals surface area (Å²) in [5, 5.41) is 3.57. The molecule has 7 heteroatoms. The average molecular weight is 421 g/mol. The number of rotatable bonds is 5. The molecule has 3 fully saturated rings. The van der Waals surface area contributed by atoms with Gasteiger partial charge in [-0.05, 0) is 37.5 Å². The number of nitrogens with one attached hydrogen (secondary N) is 1. The predicted octanol–water partition coefficient (Wildman–Crippen LogP) is 1.56. The molecule has 0 radical (unpaired) electrons. The Kier molecular flexibility index (Phi) is 8.81. The summed E-state index contributed by atoms with van der Waals surface area (Å²) in [6.45, 7) is 16.4. The molecule has 0 aromatic heterocycles. The number of carbonyl (C=O) groups is 1. The van der Waals surface area contributed by atoms with Crippen LogP contribution in [0.2, 0.25) is 0 Å². The highest BCUT2D eigenvalue weighted by Crippen LogP contribution is 2.32. The molecule has 1 saturated carbocycles. The number of hydrogen-bond acceptors (Lipinski definition) is 4. The Morgan fingerprint density at radius 2 is 1.53 bits per heavy atom. The SMILES string of the molecule is CN=C(NCCN1CCN(C(C)=O)CC1)N1CCN(C2CCC(C(C)C)CC2)CC1. The van der Waals surface area contributed by atoms with E-state index < -0.39 is 0 Å². The van der Waals surface area contributed by atoms with Crippen LogP contribution in [0.5, 0.6) is 0 Å². The van der Waals surface area contributed by atoms with Gasteiger partial charge >= 0.3 is 0 Å². The Bertz CT molecular complexity index is 556. The number of amides is 1. The summed E-state index contributed by atoms with van der Waals surface area (Å²) < 4.78 is 0. The van der Waals surface area contributed by atoms with E-state index in [1.165, 1.54) is 25.7 Å². The van der Waals surface area contributed by atoms with Crippen LogP contribution in [0.4, 0.5) is 0 Å². The van der Waals surface area contributed by atoms with E-state index in [2.05, 4.69) is 38.9 Å². The summed E-state index contributed by atoms with van der Waals surface area (Å²) in [5.41, 5.74) is 0. The zero-order valence-electron chi connectivity index (χ0n) is 19.8. The van der Waals surface area contributed by atoms with Crippen LogP contribution in [0.1, 0.15) is 46.5 Å². The molecule has 30 heavy (non-hydrogen) atoms. The standard InChI is InChI=1S/C23H44N6O/c1-19(2)21-5-7-22(8-6-21)28-15-17-29(18-16-28)23(24-4)25-9-10-26-11-13-27(14-12-26)20(3)30/h19,21-22H,5-18H2,1-4H3,(H,24,25). The maximum absolute atomic E-state index is 11.5. The molecule has 2 saturated heterocycles. The van der Waals surface area contributed by atoms with Crippen LogP contribution in [-0.2, 0) is 4.79 Å². The van der Waals surface area contributed by atoms with Gasteiger partial charge in [-0.3, -0.25) is 19.6 Å². The Balaban J connectivity index is 1.34. The maximum Gasteiger partial charge on any atom is 0.219 e. The Hall–Kier alpha value is -1.34. The largest absolute Gasteiger partial charge is 0.355 e. The van der Waals surface area contributed by atoms with Crippen molar-refractivity contribution in [2.45, 2.75) is 52.5 Å². The highest BCUT2D eigenvalue weighted by atomic mass is 16.2. The molecule has 3 rings (SSSR count). The number of hydrogen-bond donors (Lipinski definition) is 1. The van der Waals surface area contributed by atoms with E-state index in [9.17, 15) is 4.79 Å². The van der Waals surface area contributed by atoms with Crippen molar-refractivity contribution in [3.05, 3.63) is 0 Å². The Morgan fingerprint density at radius 1 is 0.933 bits per heavy atom. The first-order valence-electron chi connectivity index (χ1n) is 12.2. The van der Waals surface area contributed by atoms with E-state index in [0.29, 0.717) is 0 Å². The van der Waals surface area contributed by atoms with Crippen LogP contribution >= 0.6 is 0 Å². The van der Waals surface area contributed by atoms with Crippen LogP contribution in [0.3, 0.4) is 0 Å². The summed E-state index contributed by atoms with van der Waals surface area (Å²) in [7, 11) is 1.90. The van der Waals surface area contributed by atoms with Gasteiger partial charge in [-0.1, -0.05) is 13.8 Å². The first-order chi connectivity index (χ1) is 14.5. The summed E-state index contributed by atoms with van der Waals surface area (Å²) >= 11 is 0. The molecule has 1 aliphatic carbocycles. The second-order valence-corrected chi connectivity index (χ2v) is 9.66. The summed E-state index contributed by atoms with van der Waals surface area (Å²) in [5.74, 6) is 3.02. The average Bonchev–Trinajstić information content (AvgIpc) is 2.77. The van der Waals surface area contributed by atoms with E-state index in [1.807, 2.05) is 11.9 Å². The summed E-state index contributed by atoms with van der Waals surface area (Å²) in [6, 6.07) is 0.797. The second-order valence-electron chi connectivity index (χ2n) is 9.66. The maximum atomic E-state index is 11.5. The third kappa shape index (κ3) is 6.33. The minimum absolute atomic E-state index is 0.195. The summed E-state index contributed by atoms with van der Waals surface area (Å²) in [6.07, 6.45) is 5.58. The van der Waals surface area contributed by atoms with Gasteiger partial charge in [0.05, 0.1) is 0 Å². The van der Waals surface area contributed by atoms with Gasteiger partial charge in [0.2, 0.25) is 5.91 Å². The minimum Gasteiger partial charge on any atom is -0.355 e. The fraction of sp³-hybridized carbons (Fsp3) is 0.913. The lowest BCUT2D eigenvalue weighted by Crippen LogP contribution is -2.56. The van der Waals surface area contributed by atoms with E-state index in [-0.39, 0.29) is 5.91 Å². The minimum atomic E-state index is 0.195. The van der Waals surface area contributed by atoms with Crippen LogP contribution in [0.25, 0.3) is 0 Å². The molecule has 3 aliphatic rings. The van der Waals surface area contributed by atoms with E-state index in [0.717, 1.165) is 89.3 Å².